The third-order valence-corrected chi connectivity index (χ3v) is 5.18. The quantitative estimate of drug-likeness (QED) is 0.736. The van der Waals surface area contributed by atoms with Crippen molar-refractivity contribution < 1.29 is 23.5 Å². The molecule has 6 nitrogen and oxygen atoms in total. The molecule has 0 spiro atoms. The summed E-state index contributed by atoms with van der Waals surface area (Å²) >= 11 is 3.18. The number of benzene rings is 1. The molecule has 3 rings (SSSR count). The fourth-order valence-corrected chi connectivity index (χ4v) is 3.60. The Morgan fingerprint density at radius 3 is 2.73 bits per heavy atom. The summed E-state index contributed by atoms with van der Waals surface area (Å²) in [7, 11) is 0. The normalized spacial score (nSPS) is 20.8. The van der Waals surface area contributed by atoms with Crippen LogP contribution in [0.2, 0.25) is 0 Å². The molecule has 0 saturated carbocycles. The van der Waals surface area contributed by atoms with Gasteiger partial charge in [-0.3, -0.25) is 9.59 Å². The van der Waals surface area contributed by atoms with E-state index in [0.29, 0.717) is 43.9 Å². The topological polar surface area (TPSA) is 59.1 Å². The largest absolute Gasteiger partial charge is 0.481 e. The zero-order valence-corrected chi connectivity index (χ0v) is 16.0. The van der Waals surface area contributed by atoms with E-state index in [9.17, 15) is 14.0 Å². The fourth-order valence-electron chi connectivity index (χ4n) is 3.27. The predicted octanol–water partition coefficient (Wildman–Crippen LogP) is 2.06. The van der Waals surface area contributed by atoms with E-state index in [1.54, 1.807) is 11.0 Å². The van der Waals surface area contributed by atoms with Gasteiger partial charge in [-0.25, -0.2) is 4.39 Å². The van der Waals surface area contributed by atoms with E-state index in [2.05, 4.69) is 15.9 Å². The lowest BCUT2D eigenvalue weighted by molar-refractivity contribution is -0.144. The van der Waals surface area contributed by atoms with Crippen molar-refractivity contribution in [2.75, 3.05) is 46.0 Å². The van der Waals surface area contributed by atoms with Gasteiger partial charge in [-0.2, -0.15) is 0 Å². The Hall–Kier alpha value is -1.67. The standard InChI is InChI=1S/C18H22BrFN2O4/c19-14-3-4-16(15(20)10-14)26-12-17(23)22-5-1-2-13(11-22)18(24)21-6-8-25-9-7-21/h3-4,10,13H,1-2,5-9,11-12H2. The van der Waals surface area contributed by atoms with Crippen molar-refractivity contribution in [1.82, 2.24) is 9.80 Å². The zero-order valence-electron chi connectivity index (χ0n) is 14.5. The molecule has 0 bridgehead atoms. The highest BCUT2D eigenvalue weighted by atomic mass is 79.9. The second-order valence-corrected chi connectivity index (χ2v) is 7.40. The highest BCUT2D eigenvalue weighted by Gasteiger charge is 2.32. The summed E-state index contributed by atoms with van der Waals surface area (Å²) in [4.78, 5) is 28.5. The van der Waals surface area contributed by atoms with E-state index in [1.165, 1.54) is 12.1 Å². The molecule has 0 aliphatic carbocycles. The summed E-state index contributed by atoms with van der Waals surface area (Å²) < 4.78 is 25.0. The molecule has 8 heteroatoms. The van der Waals surface area contributed by atoms with Crippen LogP contribution < -0.4 is 4.74 Å². The van der Waals surface area contributed by atoms with Crippen LogP contribution >= 0.6 is 15.9 Å². The molecular weight excluding hydrogens is 407 g/mol. The molecule has 0 aromatic heterocycles. The molecule has 1 aromatic carbocycles. The maximum atomic E-state index is 13.8. The van der Waals surface area contributed by atoms with Gasteiger partial charge >= 0.3 is 0 Å². The second-order valence-electron chi connectivity index (χ2n) is 6.48. The van der Waals surface area contributed by atoms with Gasteiger partial charge in [0.2, 0.25) is 5.91 Å². The zero-order chi connectivity index (χ0) is 18.5. The third-order valence-electron chi connectivity index (χ3n) is 4.69. The van der Waals surface area contributed by atoms with Gasteiger partial charge in [0, 0.05) is 30.7 Å². The number of likely N-dealkylation sites (tertiary alicyclic amines) is 1. The molecular formula is C18H22BrFN2O4. The molecule has 2 heterocycles. The molecule has 1 unspecified atom stereocenters. The molecule has 1 atom stereocenters. The molecule has 2 amide bonds. The van der Waals surface area contributed by atoms with Gasteiger partial charge in [-0.15, -0.1) is 0 Å². The maximum absolute atomic E-state index is 13.8. The van der Waals surface area contributed by atoms with Crippen LogP contribution in [0.1, 0.15) is 12.8 Å². The van der Waals surface area contributed by atoms with Gasteiger partial charge < -0.3 is 19.3 Å². The van der Waals surface area contributed by atoms with Crippen molar-refractivity contribution in [1.29, 1.82) is 0 Å². The summed E-state index contributed by atoms with van der Waals surface area (Å²) in [5, 5.41) is 0. The minimum absolute atomic E-state index is 0.0412. The molecule has 2 aliphatic heterocycles. The van der Waals surface area contributed by atoms with Crippen LogP contribution in [0.25, 0.3) is 0 Å². The van der Waals surface area contributed by atoms with E-state index in [4.69, 9.17) is 9.47 Å². The Morgan fingerprint density at radius 2 is 2.00 bits per heavy atom. The van der Waals surface area contributed by atoms with E-state index in [0.717, 1.165) is 12.8 Å². The lowest BCUT2D eigenvalue weighted by Crippen LogP contribution is -2.50. The van der Waals surface area contributed by atoms with Crippen molar-refractivity contribution >= 4 is 27.7 Å². The highest BCUT2D eigenvalue weighted by Crippen LogP contribution is 2.23. The van der Waals surface area contributed by atoms with Gasteiger partial charge in [0.1, 0.15) is 0 Å². The first-order valence-electron chi connectivity index (χ1n) is 8.77. The minimum Gasteiger partial charge on any atom is -0.481 e. The first-order chi connectivity index (χ1) is 12.5. The summed E-state index contributed by atoms with van der Waals surface area (Å²) in [6, 6.07) is 4.42. The lowest BCUT2D eigenvalue weighted by atomic mass is 9.96. The number of nitrogens with zero attached hydrogens (tertiary/aromatic N) is 2. The van der Waals surface area contributed by atoms with E-state index < -0.39 is 5.82 Å². The smallest absolute Gasteiger partial charge is 0.260 e. The molecule has 142 valence electrons. The molecule has 2 aliphatic rings. The molecule has 2 saturated heterocycles. The van der Waals surface area contributed by atoms with Crippen LogP contribution in [0, 0.1) is 11.7 Å². The average Bonchev–Trinajstić information content (AvgIpc) is 2.67. The number of rotatable bonds is 4. The SMILES string of the molecule is O=C(COc1ccc(Br)cc1F)N1CCCC(C(=O)N2CCOCC2)C1. The summed E-state index contributed by atoms with van der Waals surface area (Å²) in [5.74, 6) is -0.807. The van der Waals surface area contributed by atoms with Gasteiger partial charge in [-0.1, -0.05) is 15.9 Å². The van der Waals surface area contributed by atoms with Crippen molar-refractivity contribution in [3.05, 3.63) is 28.5 Å². The van der Waals surface area contributed by atoms with E-state index >= 15 is 0 Å². The number of hydrogen-bond donors (Lipinski definition) is 0. The lowest BCUT2D eigenvalue weighted by Gasteiger charge is -2.36. The van der Waals surface area contributed by atoms with Crippen molar-refractivity contribution in [3.63, 3.8) is 0 Å². The number of halogens is 2. The highest BCUT2D eigenvalue weighted by molar-refractivity contribution is 9.10. The first-order valence-corrected chi connectivity index (χ1v) is 9.56. The van der Waals surface area contributed by atoms with Crippen LogP contribution in [0.5, 0.6) is 5.75 Å². The number of carbonyl (C=O) groups excluding carboxylic acids is 2. The van der Waals surface area contributed by atoms with Gasteiger partial charge in [0.15, 0.2) is 18.2 Å². The Morgan fingerprint density at radius 1 is 1.23 bits per heavy atom. The van der Waals surface area contributed by atoms with Crippen LogP contribution in [0.3, 0.4) is 0 Å². The van der Waals surface area contributed by atoms with Crippen LogP contribution in [-0.2, 0) is 14.3 Å². The van der Waals surface area contributed by atoms with Gasteiger partial charge in [0.05, 0.1) is 19.1 Å². The first kappa shape index (κ1) is 19.1. The molecule has 0 radical (unpaired) electrons. The summed E-state index contributed by atoms with van der Waals surface area (Å²) in [6.07, 6.45) is 1.56. The second kappa shape index (κ2) is 8.81. The van der Waals surface area contributed by atoms with Crippen LogP contribution in [0.15, 0.2) is 22.7 Å². The van der Waals surface area contributed by atoms with Crippen LogP contribution in [0.4, 0.5) is 4.39 Å². The van der Waals surface area contributed by atoms with Crippen molar-refractivity contribution in [2.45, 2.75) is 12.8 Å². The predicted molar refractivity (Wildman–Crippen MR) is 96.3 cm³/mol. The fraction of sp³-hybridized carbons (Fsp3) is 0.556. The number of ether oxygens (including phenoxy) is 2. The Labute approximate surface area is 160 Å². The number of hydrogen-bond acceptors (Lipinski definition) is 4. The Kier molecular flexibility index (Phi) is 6.48. The minimum atomic E-state index is -0.522. The molecule has 0 N–H and O–H groups in total. The Bertz CT molecular complexity index is 667. The van der Waals surface area contributed by atoms with Crippen LogP contribution in [-0.4, -0.2) is 67.6 Å². The van der Waals surface area contributed by atoms with E-state index in [-0.39, 0.29) is 30.1 Å². The molecule has 1 aromatic rings. The van der Waals surface area contributed by atoms with Gasteiger partial charge in [-0.05, 0) is 31.0 Å². The molecule has 2 fully saturated rings. The maximum Gasteiger partial charge on any atom is 0.260 e. The molecule has 26 heavy (non-hydrogen) atoms. The third kappa shape index (κ3) is 4.73. The van der Waals surface area contributed by atoms with Gasteiger partial charge in [0.25, 0.3) is 5.91 Å². The monoisotopic (exact) mass is 428 g/mol. The number of amides is 2. The Balaban J connectivity index is 1.53. The number of morpholine rings is 1. The average molecular weight is 429 g/mol. The summed E-state index contributed by atoms with van der Waals surface area (Å²) in [6.45, 7) is 3.09. The van der Waals surface area contributed by atoms with Crippen molar-refractivity contribution in [2.24, 2.45) is 5.92 Å². The summed E-state index contributed by atoms with van der Waals surface area (Å²) in [5.41, 5.74) is 0. The van der Waals surface area contributed by atoms with E-state index in [1.807, 2.05) is 4.90 Å². The number of piperidine rings is 1. The number of carbonyl (C=O) groups is 2. The van der Waals surface area contributed by atoms with Crippen molar-refractivity contribution in [3.8, 4) is 5.75 Å².